The van der Waals surface area contributed by atoms with E-state index < -0.39 is 0 Å². The van der Waals surface area contributed by atoms with E-state index in [0.29, 0.717) is 17.4 Å². The average Bonchev–Trinajstić information content (AvgIpc) is 3.00. The number of Topliss-reactive ketones (excluding diaryl/α,β-unsaturated/α-hetero) is 1. The number of nitrogens with zero attached hydrogens (tertiary/aromatic N) is 2. The maximum absolute atomic E-state index is 12.7. The Bertz CT molecular complexity index is 867. The Morgan fingerprint density at radius 1 is 1.17 bits per heavy atom. The molecule has 1 heterocycles. The van der Waals surface area contributed by atoms with Crippen LogP contribution in [0, 0.1) is 13.8 Å². The van der Waals surface area contributed by atoms with Crippen molar-refractivity contribution in [2.75, 3.05) is 5.75 Å². The molecule has 1 aromatic carbocycles. The lowest BCUT2D eigenvalue weighted by Gasteiger charge is -2.26. The second kappa shape index (κ2) is 9.61. The minimum Gasteiger partial charge on any atom is -0.350 e. The molecule has 0 spiro atoms. The molecule has 1 saturated carbocycles. The van der Waals surface area contributed by atoms with Gasteiger partial charge in [-0.15, -0.1) is 0 Å². The minimum absolute atomic E-state index is 0.0619. The third-order valence-corrected chi connectivity index (χ3v) is 6.73. The SMILES string of the molecule is CC(=O)N[C@@H](C)c1ccc(C(=O)CSc2nc(C)c(C)n2C2CCCCC2)cc1. The molecule has 5 nitrogen and oxygen atoms in total. The molecule has 2 aromatic rings. The number of benzene rings is 1. The second-order valence-electron chi connectivity index (χ2n) is 7.98. The summed E-state index contributed by atoms with van der Waals surface area (Å²) in [6, 6.07) is 7.96. The summed E-state index contributed by atoms with van der Waals surface area (Å²) in [5.41, 5.74) is 3.97. The van der Waals surface area contributed by atoms with Gasteiger partial charge in [0, 0.05) is 24.2 Å². The Hall–Kier alpha value is -2.08. The minimum atomic E-state index is -0.0695. The Labute approximate surface area is 177 Å². The quantitative estimate of drug-likeness (QED) is 0.502. The van der Waals surface area contributed by atoms with Crippen LogP contribution in [0.3, 0.4) is 0 Å². The zero-order chi connectivity index (χ0) is 21.0. The first-order valence-corrected chi connectivity index (χ1v) is 11.4. The fourth-order valence-electron chi connectivity index (χ4n) is 4.03. The number of aromatic nitrogens is 2. The summed E-state index contributed by atoms with van der Waals surface area (Å²) >= 11 is 1.54. The lowest BCUT2D eigenvalue weighted by Crippen LogP contribution is -2.23. The van der Waals surface area contributed by atoms with Gasteiger partial charge in [0.05, 0.1) is 17.5 Å². The first-order chi connectivity index (χ1) is 13.9. The topological polar surface area (TPSA) is 64.0 Å². The fourth-order valence-corrected chi connectivity index (χ4v) is 5.08. The van der Waals surface area contributed by atoms with Gasteiger partial charge in [0.25, 0.3) is 0 Å². The number of amides is 1. The maximum atomic E-state index is 12.7. The van der Waals surface area contributed by atoms with E-state index in [1.54, 1.807) is 11.8 Å². The molecular weight excluding hydrogens is 382 g/mol. The van der Waals surface area contributed by atoms with E-state index in [0.717, 1.165) is 16.4 Å². The molecule has 6 heteroatoms. The predicted octanol–water partition coefficient (Wildman–Crippen LogP) is 5.18. The molecule has 1 amide bonds. The van der Waals surface area contributed by atoms with Crippen molar-refractivity contribution in [2.24, 2.45) is 0 Å². The highest BCUT2D eigenvalue weighted by Crippen LogP contribution is 2.34. The van der Waals surface area contributed by atoms with Crippen LogP contribution in [-0.2, 0) is 4.79 Å². The van der Waals surface area contributed by atoms with Crippen LogP contribution < -0.4 is 5.32 Å². The highest BCUT2D eigenvalue weighted by atomic mass is 32.2. The maximum Gasteiger partial charge on any atom is 0.217 e. The first kappa shape index (κ1) is 21.6. The molecule has 1 aliphatic rings. The molecule has 0 aliphatic heterocycles. The summed E-state index contributed by atoms with van der Waals surface area (Å²) in [7, 11) is 0. The Morgan fingerprint density at radius 3 is 2.45 bits per heavy atom. The number of carbonyl (C=O) groups excluding carboxylic acids is 2. The number of hydrogen-bond donors (Lipinski definition) is 1. The highest BCUT2D eigenvalue weighted by molar-refractivity contribution is 7.99. The summed E-state index contributed by atoms with van der Waals surface area (Å²) in [6.07, 6.45) is 6.26. The van der Waals surface area contributed by atoms with E-state index in [2.05, 4.69) is 23.7 Å². The highest BCUT2D eigenvalue weighted by Gasteiger charge is 2.22. The second-order valence-corrected chi connectivity index (χ2v) is 8.93. The molecule has 0 bridgehead atoms. The Balaban J connectivity index is 1.66. The Morgan fingerprint density at radius 2 is 1.83 bits per heavy atom. The van der Waals surface area contributed by atoms with Gasteiger partial charge in [-0.1, -0.05) is 55.3 Å². The van der Waals surface area contributed by atoms with Crippen molar-refractivity contribution < 1.29 is 9.59 Å². The van der Waals surface area contributed by atoms with Crippen molar-refractivity contribution in [3.8, 4) is 0 Å². The van der Waals surface area contributed by atoms with Crippen LogP contribution in [0.15, 0.2) is 29.4 Å². The van der Waals surface area contributed by atoms with Crippen molar-refractivity contribution in [1.82, 2.24) is 14.9 Å². The first-order valence-electron chi connectivity index (χ1n) is 10.4. The average molecular weight is 414 g/mol. The van der Waals surface area contributed by atoms with Gasteiger partial charge >= 0.3 is 0 Å². The molecule has 1 aliphatic carbocycles. The molecule has 1 N–H and O–H groups in total. The third kappa shape index (κ3) is 5.30. The molecular formula is C23H31N3O2S. The molecule has 1 atom stereocenters. The fraction of sp³-hybridized carbons (Fsp3) is 0.522. The van der Waals surface area contributed by atoms with E-state index in [1.807, 2.05) is 31.2 Å². The summed E-state index contributed by atoms with van der Waals surface area (Å²) in [6.45, 7) is 7.63. The van der Waals surface area contributed by atoms with Crippen LogP contribution in [0.25, 0.3) is 0 Å². The largest absolute Gasteiger partial charge is 0.350 e. The molecule has 29 heavy (non-hydrogen) atoms. The van der Waals surface area contributed by atoms with Crippen molar-refractivity contribution in [3.63, 3.8) is 0 Å². The van der Waals surface area contributed by atoms with Gasteiger partial charge in [-0.2, -0.15) is 0 Å². The van der Waals surface area contributed by atoms with Gasteiger partial charge < -0.3 is 9.88 Å². The standard InChI is InChI=1S/C23H31N3O2S/c1-15-17(3)26(21-8-6-5-7-9-21)23(25-15)29-14-22(28)20-12-10-19(11-13-20)16(2)24-18(4)27/h10-13,16,21H,5-9,14H2,1-4H3,(H,24,27)/t16-/m0/s1. The normalized spacial score (nSPS) is 15.9. The lowest BCUT2D eigenvalue weighted by molar-refractivity contribution is -0.119. The van der Waals surface area contributed by atoms with Gasteiger partial charge in [0.2, 0.25) is 5.91 Å². The van der Waals surface area contributed by atoms with Crippen molar-refractivity contribution in [1.29, 1.82) is 0 Å². The lowest BCUT2D eigenvalue weighted by atomic mass is 9.95. The van der Waals surface area contributed by atoms with Crippen LogP contribution in [0.1, 0.15) is 85.3 Å². The summed E-state index contributed by atoms with van der Waals surface area (Å²) in [5, 5.41) is 3.83. The molecule has 3 rings (SSSR count). The molecule has 1 aromatic heterocycles. The van der Waals surface area contributed by atoms with Gasteiger partial charge in [0.15, 0.2) is 10.9 Å². The van der Waals surface area contributed by atoms with Gasteiger partial charge in [-0.25, -0.2) is 4.98 Å². The smallest absolute Gasteiger partial charge is 0.217 e. The van der Waals surface area contributed by atoms with Crippen LogP contribution in [0.4, 0.5) is 0 Å². The third-order valence-electron chi connectivity index (χ3n) is 5.78. The van der Waals surface area contributed by atoms with Crippen LogP contribution >= 0.6 is 11.8 Å². The zero-order valence-electron chi connectivity index (χ0n) is 17.8. The van der Waals surface area contributed by atoms with Crippen molar-refractivity contribution >= 4 is 23.5 Å². The van der Waals surface area contributed by atoms with E-state index >= 15 is 0 Å². The molecule has 1 fully saturated rings. The molecule has 0 unspecified atom stereocenters. The van der Waals surface area contributed by atoms with Crippen LogP contribution in [0.5, 0.6) is 0 Å². The van der Waals surface area contributed by atoms with E-state index in [-0.39, 0.29) is 17.7 Å². The number of imidazole rings is 1. The number of thioether (sulfide) groups is 1. The number of nitrogens with one attached hydrogen (secondary N) is 1. The van der Waals surface area contributed by atoms with Gasteiger partial charge in [-0.05, 0) is 39.2 Å². The Kier molecular flexibility index (Phi) is 7.17. The van der Waals surface area contributed by atoms with Crippen molar-refractivity contribution in [3.05, 3.63) is 46.8 Å². The van der Waals surface area contributed by atoms with Crippen LogP contribution in [-0.4, -0.2) is 27.0 Å². The van der Waals surface area contributed by atoms with Gasteiger partial charge in [-0.3, -0.25) is 9.59 Å². The molecule has 0 saturated heterocycles. The number of ketones is 1. The predicted molar refractivity (Wildman–Crippen MR) is 118 cm³/mol. The molecule has 0 radical (unpaired) electrons. The monoisotopic (exact) mass is 413 g/mol. The zero-order valence-corrected chi connectivity index (χ0v) is 18.6. The summed E-state index contributed by atoms with van der Waals surface area (Å²) in [5.74, 6) is 0.416. The summed E-state index contributed by atoms with van der Waals surface area (Å²) < 4.78 is 2.37. The van der Waals surface area contributed by atoms with Crippen LogP contribution in [0.2, 0.25) is 0 Å². The van der Waals surface area contributed by atoms with Crippen molar-refractivity contribution in [2.45, 2.75) is 77.0 Å². The van der Waals surface area contributed by atoms with E-state index in [1.165, 1.54) is 44.7 Å². The number of hydrogen-bond acceptors (Lipinski definition) is 4. The van der Waals surface area contributed by atoms with E-state index in [9.17, 15) is 9.59 Å². The van der Waals surface area contributed by atoms with E-state index in [4.69, 9.17) is 4.98 Å². The van der Waals surface area contributed by atoms with Gasteiger partial charge in [0.1, 0.15) is 0 Å². The summed E-state index contributed by atoms with van der Waals surface area (Å²) in [4.78, 5) is 28.7. The number of carbonyl (C=O) groups is 2. The number of rotatable bonds is 7. The molecule has 156 valence electrons. The number of aryl methyl sites for hydroxylation is 1.